The first-order valence-electron chi connectivity index (χ1n) is 12.2. The number of hydrogen-bond acceptors (Lipinski definition) is 7. The Labute approximate surface area is 218 Å². The van der Waals surface area contributed by atoms with Gasteiger partial charge in [-0.1, -0.05) is 11.6 Å². The van der Waals surface area contributed by atoms with E-state index in [0.717, 1.165) is 53.4 Å². The molecule has 11 heteroatoms. The summed E-state index contributed by atoms with van der Waals surface area (Å²) in [6.07, 6.45) is 6.78. The zero-order valence-electron chi connectivity index (χ0n) is 20.0. The van der Waals surface area contributed by atoms with E-state index in [-0.39, 0.29) is 11.3 Å². The molecule has 3 aromatic heterocycles. The van der Waals surface area contributed by atoms with Gasteiger partial charge in [-0.25, -0.2) is 17.7 Å². The SMILES string of the molecule is Cc1ccc2ncc(-c3cnn4c(N)c(Br)c(CNC5CCN(S(=O)(=O)C6CC6)CC5)nc34)cc2c1. The van der Waals surface area contributed by atoms with Gasteiger partial charge in [0.1, 0.15) is 5.82 Å². The predicted octanol–water partition coefficient (Wildman–Crippen LogP) is 3.64. The second kappa shape index (κ2) is 9.05. The van der Waals surface area contributed by atoms with Crippen LogP contribution in [0.4, 0.5) is 5.82 Å². The van der Waals surface area contributed by atoms with Crippen molar-refractivity contribution in [2.75, 3.05) is 18.8 Å². The minimum absolute atomic E-state index is 0.149. The second-order valence-electron chi connectivity index (χ2n) is 9.77. The molecule has 2 aliphatic rings. The first-order chi connectivity index (χ1) is 17.3. The highest BCUT2D eigenvalue weighted by Crippen LogP contribution is 2.33. The number of fused-ring (bicyclic) bond motifs is 2. The van der Waals surface area contributed by atoms with Gasteiger partial charge >= 0.3 is 0 Å². The molecule has 4 heterocycles. The highest BCUT2D eigenvalue weighted by molar-refractivity contribution is 9.10. The molecule has 1 aliphatic heterocycles. The van der Waals surface area contributed by atoms with Crippen molar-refractivity contribution in [1.82, 2.24) is 29.2 Å². The summed E-state index contributed by atoms with van der Waals surface area (Å²) < 4.78 is 29.0. The Bertz CT molecular complexity index is 1570. The monoisotopic (exact) mass is 569 g/mol. The van der Waals surface area contributed by atoms with Gasteiger partial charge in [0.2, 0.25) is 10.0 Å². The number of piperidine rings is 1. The average Bonchev–Trinajstić information content (AvgIpc) is 3.66. The molecule has 1 saturated carbocycles. The molecular weight excluding hydrogens is 542 g/mol. The smallest absolute Gasteiger partial charge is 0.216 e. The Hall–Kier alpha value is -2.60. The van der Waals surface area contributed by atoms with Crippen LogP contribution in [-0.2, 0) is 16.6 Å². The van der Waals surface area contributed by atoms with Gasteiger partial charge in [-0.3, -0.25) is 4.98 Å². The number of halogens is 1. The Morgan fingerprint density at radius 3 is 2.67 bits per heavy atom. The minimum Gasteiger partial charge on any atom is -0.383 e. The molecule has 3 N–H and O–H groups in total. The van der Waals surface area contributed by atoms with Gasteiger partial charge in [0.05, 0.1) is 27.1 Å². The topological polar surface area (TPSA) is 119 Å². The molecule has 6 rings (SSSR count). The molecule has 0 amide bonds. The van der Waals surface area contributed by atoms with Crippen molar-refractivity contribution in [2.24, 2.45) is 0 Å². The van der Waals surface area contributed by atoms with E-state index in [4.69, 9.17) is 10.7 Å². The Morgan fingerprint density at radius 1 is 1.14 bits per heavy atom. The Balaban J connectivity index is 1.23. The maximum absolute atomic E-state index is 12.5. The number of nitrogens with two attached hydrogens (primary N) is 1. The van der Waals surface area contributed by atoms with Crippen molar-refractivity contribution in [3.63, 3.8) is 0 Å². The highest BCUT2D eigenvalue weighted by atomic mass is 79.9. The summed E-state index contributed by atoms with van der Waals surface area (Å²) in [5, 5.41) is 8.96. The predicted molar refractivity (Wildman–Crippen MR) is 144 cm³/mol. The zero-order valence-corrected chi connectivity index (χ0v) is 22.4. The number of anilines is 1. The van der Waals surface area contributed by atoms with E-state index in [1.54, 1.807) is 15.0 Å². The lowest BCUT2D eigenvalue weighted by Gasteiger charge is -2.31. The maximum atomic E-state index is 12.5. The van der Waals surface area contributed by atoms with Crippen molar-refractivity contribution in [1.29, 1.82) is 0 Å². The maximum Gasteiger partial charge on any atom is 0.216 e. The minimum atomic E-state index is -3.10. The quantitative estimate of drug-likeness (QED) is 0.363. The summed E-state index contributed by atoms with van der Waals surface area (Å²) in [7, 11) is -3.10. The molecule has 1 aromatic carbocycles. The van der Waals surface area contributed by atoms with Crippen molar-refractivity contribution in [3.05, 3.63) is 52.4 Å². The first kappa shape index (κ1) is 23.8. The number of benzene rings is 1. The van der Waals surface area contributed by atoms with Crippen LogP contribution in [0.5, 0.6) is 0 Å². The van der Waals surface area contributed by atoms with Gasteiger partial charge in [-0.2, -0.15) is 9.61 Å². The van der Waals surface area contributed by atoms with E-state index in [2.05, 4.69) is 56.5 Å². The lowest BCUT2D eigenvalue weighted by Crippen LogP contribution is -2.45. The number of sulfonamides is 1. The van der Waals surface area contributed by atoms with E-state index < -0.39 is 10.0 Å². The number of aryl methyl sites for hydroxylation is 1. The number of pyridine rings is 1. The number of hydrogen-bond donors (Lipinski definition) is 2. The third-order valence-corrected chi connectivity index (χ3v) is 10.4. The summed E-state index contributed by atoms with van der Waals surface area (Å²) in [5.41, 5.74) is 11.8. The number of rotatable bonds is 6. The lowest BCUT2D eigenvalue weighted by atomic mass is 10.1. The van der Waals surface area contributed by atoms with Crippen LogP contribution < -0.4 is 11.1 Å². The highest BCUT2D eigenvalue weighted by Gasteiger charge is 2.41. The molecule has 0 spiro atoms. The van der Waals surface area contributed by atoms with Crippen LogP contribution in [0.1, 0.15) is 36.9 Å². The van der Waals surface area contributed by atoms with Crippen LogP contribution in [0.15, 0.2) is 41.1 Å². The number of aromatic nitrogens is 4. The molecule has 188 valence electrons. The fraction of sp³-hybridized carbons (Fsp3) is 0.400. The third kappa shape index (κ3) is 4.27. The normalized spacial score (nSPS) is 17.8. The first-order valence-corrected chi connectivity index (χ1v) is 14.5. The standard InChI is InChI=1S/C25H28BrN7O2S/c1-15-2-5-21-16(10-15)11-17(12-29-21)20-13-30-33-24(27)23(26)22(31-25(20)33)14-28-18-6-8-32(9-7-18)36(34,35)19-3-4-19/h2,5,10-13,18-19,28H,3-4,6-9,14,27H2,1H3. The fourth-order valence-electron chi connectivity index (χ4n) is 4.89. The van der Waals surface area contributed by atoms with Crippen LogP contribution in [0.2, 0.25) is 0 Å². The summed E-state index contributed by atoms with van der Waals surface area (Å²) in [6.45, 7) is 3.71. The van der Waals surface area contributed by atoms with E-state index >= 15 is 0 Å². The fourth-order valence-corrected chi connectivity index (χ4v) is 7.16. The molecule has 0 radical (unpaired) electrons. The Morgan fingerprint density at radius 2 is 1.92 bits per heavy atom. The molecular formula is C25H28BrN7O2S. The number of nitrogens with zero attached hydrogens (tertiary/aromatic N) is 5. The van der Waals surface area contributed by atoms with Gasteiger partial charge in [0.15, 0.2) is 5.65 Å². The van der Waals surface area contributed by atoms with Crippen molar-refractivity contribution in [3.8, 4) is 11.1 Å². The average molecular weight is 571 g/mol. The largest absolute Gasteiger partial charge is 0.383 e. The van der Waals surface area contributed by atoms with Gasteiger partial charge in [-0.05, 0) is 66.7 Å². The Kier molecular flexibility index (Phi) is 5.98. The molecule has 9 nitrogen and oxygen atoms in total. The number of nitrogen functional groups attached to an aromatic ring is 1. The van der Waals surface area contributed by atoms with Crippen molar-refractivity contribution < 1.29 is 8.42 Å². The second-order valence-corrected chi connectivity index (χ2v) is 12.8. The van der Waals surface area contributed by atoms with Crippen molar-refractivity contribution >= 4 is 48.3 Å². The van der Waals surface area contributed by atoms with Gasteiger partial charge in [0, 0.05) is 48.4 Å². The van der Waals surface area contributed by atoms with E-state index in [1.165, 1.54) is 5.56 Å². The third-order valence-electron chi connectivity index (χ3n) is 7.16. The summed E-state index contributed by atoms with van der Waals surface area (Å²) in [5.74, 6) is 0.484. The van der Waals surface area contributed by atoms with Crippen LogP contribution in [-0.4, -0.2) is 56.7 Å². The van der Waals surface area contributed by atoms with Crippen LogP contribution >= 0.6 is 15.9 Å². The molecule has 0 bridgehead atoms. The zero-order chi connectivity index (χ0) is 25.0. The molecule has 0 unspecified atom stereocenters. The van der Waals surface area contributed by atoms with E-state index in [0.29, 0.717) is 35.6 Å². The molecule has 0 atom stereocenters. The number of nitrogens with one attached hydrogen (secondary N) is 1. The molecule has 4 aromatic rings. The van der Waals surface area contributed by atoms with E-state index in [9.17, 15) is 8.42 Å². The summed E-state index contributed by atoms with van der Waals surface area (Å²) >= 11 is 3.60. The van der Waals surface area contributed by atoms with Gasteiger partial charge < -0.3 is 11.1 Å². The molecule has 1 aliphatic carbocycles. The van der Waals surface area contributed by atoms with Crippen LogP contribution in [0.3, 0.4) is 0 Å². The van der Waals surface area contributed by atoms with Gasteiger partial charge in [0.25, 0.3) is 0 Å². The molecule has 2 fully saturated rings. The van der Waals surface area contributed by atoms with E-state index in [1.807, 2.05) is 12.3 Å². The van der Waals surface area contributed by atoms with Crippen LogP contribution in [0, 0.1) is 6.92 Å². The van der Waals surface area contributed by atoms with Crippen molar-refractivity contribution in [2.45, 2.75) is 50.4 Å². The summed E-state index contributed by atoms with van der Waals surface area (Å²) in [4.78, 5) is 9.54. The van der Waals surface area contributed by atoms with Crippen LogP contribution in [0.25, 0.3) is 27.7 Å². The van der Waals surface area contributed by atoms with Gasteiger partial charge in [-0.15, -0.1) is 0 Å². The lowest BCUT2D eigenvalue weighted by molar-refractivity contribution is 0.287. The molecule has 36 heavy (non-hydrogen) atoms. The molecule has 1 saturated heterocycles. The summed E-state index contributed by atoms with van der Waals surface area (Å²) in [6, 6.07) is 8.52.